The summed E-state index contributed by atoms with van der Waals surface area (Å²) in [5.41, 5.74) is 6.58. The third-order valence-corrected chi connectivity index (χ3v) is 4.72. The number of nitrogens with zero attached hydrogens (tertiary/aromatic N) is 1. The minimum Gasteiger partial charge on any atom is -0.508 e. The second kappa shape index (κ2) is 9.87. The van der Waals surface area contributed by atoms with Gasteiger partial charge in [-0.3, -0.25) is 14.4 Å². The first kappa shape index (κ1) is 22.2. The first-order chi connectivity index (χ1) is 13.7. The maximum absolute atomic E-state index is 12.4. The summed E-state index contributed by atoms with van der Waals surface area (Å²) in [6, 6.07) is 3.59. The highest BCUT2D eigenvalue weighted by molar-refractivity contribution is 5.92. The number of likely N-dealkylation sites (tertiary alicyclic amines) is 1. The van der Waals surface area contributed by atoms with Gasteiger partial charge in [0.2, 0.25) is 17.7 Å². The molecule has 1 aromatic rings. The molecule has 1 aromatic carbocycles. The number of carbonyl (C=O) groups is 4. The van der Waals surface area contributed by atoms with Gasteiger partial charge in [0.15, 0.2) is 0 Å². The summed E-state index contributed by atoms with van der Waals surface area (Å²) < 4.78 is 0. The van der Waals surface area contributed by atoms with Gasteiger partial charge in [0.05, 0.1) is 12.6 Å². The Morgan fingerprint density at radius 1 is 1.24 bits per heavy atom. The van der Waals surface area contributed by atoms with Crippen LogP contribution < -0.4 is 16.4 Å². The molecule has 0 unspecified atom stereocenters. The smallest absolute Gasteiger partial charge is 0.326 e. The number of hydrogen-bond donors (Lipinski definition) is 5. The van der Waals surface area contributed by atoms with Crippen LogP contribution in [0.25, 0.3) is 0 Å². The molecular formula is C19H26N4O6. The fourth-order valence-electron chi connectivity index (χ4n) is 3.17. The number of benzene rings is 1. The van der Waals surface area contributed by atoms with Gasteiger partial charge in [0, 0.05) is 6.54 Å². The molecule has 1 saturated heterocycles. The largest absolute Gasteiger partial charge is 0.508 e. The number of nitrogens with two attached hydrogens (primary N) is 1. The van der Waals surface area contributed by atoms with Gasteiger partial charge in [-0.05, 0) is 43.9 Å². The number of nitrogens with one attached hydrogen (secondary N) is 2. The number of rotatable bonds is 8. The average Bonchev–Trinajstić information content (AvgIpc) is 3.17. The fraction of sp³-hybridized carbons (Fsp3) is 0.474. The standard InChI is InChI=1S/C19H26N4O6/c1-11(18(27)23-8-2-3-15(23)19(28)29)22-16(25)10-21-17(26)14(20)9-12-4-6-13(24)7-5-12/h4-7,11,14-15,24H,2-3,8-10,20H2,1H3,(H,21,26)(H,22,25)(H,28,29)/t11-,14-,15-/m0/s1. The summed E-state index contributed by atoms with van der Waals surface area (Å²) in [6.45, 7) is 1.44. The molecule has 158 valence electrons. The number of phenolic OH excluding ortho intramolecular Hbond substituents is 1. The molecular weight excluding hydrogens is 380 g/mol. The third-order valence-electron chi connectivity index (χ3n) is 4.72. The molecule has 0 radical (unpaired) electrons. The van der Waals surface area contributed by atoms with Crippen LogP contribution in [0.4, 0.5) is 0 Å². The van der Waals surface area contributed by atoms with Crippen LogP contribution in [0.1, 0.15) is 25.3 Å². The average molecular weight is 406 g/mol. The molecule has 3 amide bonds. The van der Waals surface area contributed by atoms with Crippen molar-refractivity contribution in [1.29, 1.82) is 0 Å². The molecule has 10 heteroatoms. The number of carboxylic acids is 1. The molecule has 0 aromatic heterocycles. The van der Waals surface area contributed by atoms with Gasteiger partial charge >= 0.3 is 5.97 Å². The Morgan fingerprint density at radius 2 is 1.90 bits per heavy atom. The molecule has 0 aliphatic carbocycles. The van der Waals surface area contributed by atoms with E-state index in [0.29, 0.717) is 19.4 Å². The van der Waals surface area contributed by atoms with Crippen molar-refractivity contribution in [2.45, 2.75) is 44.3 Å². The molecule has 2 rings (SSSR count). The first-order valence-corrected chi connectivity index (χ1v) is 9.33. The summed E-state index contributed by atoms with van der Waals surface area (Å²) in [5.74, 6) is -2.54. The van der Waals surface area contributed by atoms with Crippen LogP contribution in [0, 0.1) is 0 Å². The van der Waals surface area contributed by atoms with E-state index in [-0.39, 0.29) is 18.7 Å². The van der Waals surface area contributed by atoms with E-state index in [4.69, 9.17) is 10.8 Å². The normalized spacial score (nSPS) is 18.0. The highest BCUT2D eigenvalue weighted by Gasteiger charge is 2.36. The molecule has 1 heterocycles. The number of aliphatic carboxylic acids is 1. The van der Waals surface area contributed by atoms with E-state index < -0.39 is 41.8 Å². The Bertz CT molecular complexity index is 766. The maximum Gasteiger partial charge on any atom is 0.326 e. The Hall–Kier alpha value is -3.14. The third kappa shape index (κ3) is 6.18. The second-order valence-corrected chi connectivity index (χ2v) is 7.01. The molecule has 3 atom stereocenters. The first-order valence-electron chi connectivity index (χ1n) is 9.33. The lowest BCUT2D eigenvalue weighted by Gasteiger charge is -2.25. The van der Waals surface area contributed by atoms with E-state index in [1.165, 1.54) is 24.0 Å². The molecule has 0 bridgehead atoms. The van der Waals surface area contributed by atoms with Gasteiger partial charge in [-0.25, -0.2) is 4.79 Å². The van der Waals surface area contributed by atoms with Crippen LogP contribution in [-0.4, -0.2) is 70.0 Å². The van der Waals surface area contributed by atoms with Crippen LogP contribution in [-0.2, 0) is 25.6 Å². The SMILES string of the molecule is C[C@H](NC(=O)CNC(=O)[C@@H](N)Cc1ccc(O)cc1)C(=O)N1CCC[C@H]1C(=O)O. The van der Waals surface area contributed by atoms with E-state index in [1.807, 2.05) is 0 Å². The zero-order chi connectivity index (χ0) is 21.6. The quantitative estimate of drug-likeness (QED) is 0.368. The Labute approximate surface area is 168 Å². The van der Waals surface area contributed by atoms with E-state index in [9.17, 15) is 24.3 Å². The molecule has 1 aliphatic rings. The van der Waals surface area contributed by atoms with Crippen molar-refractivity contribution in [2.24, 2.45) is 5.73 Å². The Balaban J connectivity index is 1.77. The van der Waals surface area contributed by atoms with E-state index in [1.54, 1.807) is 12.1 Å². The van der Waals surface area contributed by atoms with E-state index in [0.717, 1.165) is 5.56 Å². The van der Waals surface area contributed by atoms with Crippen molar-refractivity contribution < 1.29 is 29.4 Å². The van der Waals surface area contributed by atoms with Gasteiger partial charge in [-0.1, -0.05) is 12.1 Å². The maximum atomic E-state index is 12.4. The Kier molecular flexibility index (Phi) is 7.54. The number of amides is 3. The highest BCUT2D eigenvalue weighted by Crippen LogP contribution is 2.18. The molecule has 0 saturated carbocycles. The molecule has 6 N–H and O–H groups in total. The van der Waals surface area contributed by atoms with Crippen LogP contribution >= 0.6 is 0 Å². The minimum absolute atomic E-state index is 0.107. The summed E-state index contributed by atoms with van der Waals surface area (Å²) in [5, 5.41) is 23.3. The summed E-state index contributed by atoms with van der Waals surface area (Å²) in [4.78, 5) is 48.9. The van der Waals surface area contributed by atoms with E-state index in [2.05, 4.69) is 10.6 Å². The van der Waals surface area contributed by atoms with E-state index >= 15 is 0 Å². The zero-order valence-corrected chi connectivity index (χ0v) is 16.1. The van der Waals surface area contributed by atoms with Crippen LogP contribution in [0.15, 0.2) is 24.3 Å². The lowest BCUT2D eigenvalue weighted by molar-refractivity contribution is -0.149. The topological polar surface area (TPSA) is 162 Å². The lowest BCUT2D eigenvalue weighted by atomic mass is 10.1. The van der Waals surface area contributed by atoms with Gasteiger partial charge in [-0.2, -0.15) is 0 Å². The fourth-order valence-corrected chi connectivity index (χ4v) is 3.17. The van der Waals surface area contributed by atoms with Gasteiger partial charge in [0.1, 0.15) is 17.8 Å². The predicted octanol–water partition coefficient (Wildman–Crippen LogP) is -1.04. The molecule has 29 heavy (non-hydrogen) atoms. The van der Waals surface area contributed by atoms with Crippen molar-refractivity contribution in [2.75, 3.05) is 13.1 Å². The molecule has 1 fully saturated rings. The molecule has 0 spiro atoms. The van der Waals surface area contributed by atoms with Gasteiger partial charge in [-0.15, -0.1) is 0 Å². The van der Waals surface area contributed by atoms with Crippen molar-refractivity contribution >= 4 is 23.7 Å². The summed E-state index contributed by atoms with van der Waals surface area (Å²) in [6.07, 6.45) is 1.21. The van der Waals surface area contributed by atoms with Crippen LogP contribution in [0.2, 0.25) is 0 Å². The number of carboxylic acid groups (broad SMARTS) is 1. The Morgan fingerprint density at radius 3 is 2.52 bits per heavy atom. The van der Waals surface area contributed by atoms with Gasteiger partial charge in [0.25, 0.3) is 0 Å². The predicted molar refractivity (Wildman–Crippen MR) is 103 cm³/mol. The lowest BCUT2D eigenvalue weighted by Crippen LogP contribution is -2.52. The van der Waals surface area contributed by atoms with Gasteiger partial charge < -0.3 is 31.5 Å². The number of carbonyl (C=O) groups excluding carboxylic acids is 3. The van der Waals surface area contributed by atoms with Crippen molar-refractivity contribution in [3.63, 3.8) is 0 Å². The van der Waals surface area contributed by atoms with Crippen LogP contribution in [0.3, 0.4) is 0 Å². The van der Waals surface area contributed by atoms with Crippen molar-refractivity contribution in [3.8, 4) is 5.75 Å². The minimum atomic E-state index is -1.07. The summed E-state index contributed by atoms with van der Waals surface area (Å²) in [7, 11) is 0. The number of aromatic hydroxyl groups is 1. The summed E-state index contributed by atoms with van der Waals surface area (Å²) >= 11 is 0. The van der Waals surface area contributed by atoms with Crippen molar-refractivity contribution in [1.82, 2.24) is 15.5 Å². The van der Waals surface area contributed by atoms with Crippen molar-refractivity contribution in [3.05, 3.63) is 29.8 Å². The highest BCUT2D eigenvalue weighted by atomic mass is 16.4. The zero-order valence-electron chi connectivity index (χ0n) is 16.1. The van der Waals surface area contributed by atoms with Crippen LogP contribution in [0.5, 0.6) is 5.75 Å². The second-order valence-electron chi connectivity index (χ2n) is 7.01. The number of hydrogen-bond acceptors (Lipinski definition) is 6. The molecule has 10 nitrogen and oxygen atoms in total. The molecule has 1 aliphatic heterocycles. The number of phenols is 1. The monoisotopic (exact) mass is 406 g/mol.